The van der Waals surface area contributed by atoms with Crippen LogP contribution < -0.4 is 16.0 Å². The fourth-order valence-corrected chi connectivity index (χ4v) is 5.51. The van der Waals surface area contributed by atoms with Gasteiger partial charge in [0.05, 0.1) is 12.2 Å². The lowest BCUT2D eigenvalue weighted by atomic mass is 10.0. The van der Waals surface area contributed by atoms with Gasteiger partial charge in [0.1, 0.15) is 48.3 Å². The number of hydrogen-bond acceptors (Lipinski definition) is 14. The molecule has 2 rings (SSSR count). The second kappa shape index (κ2) is 22.8. The van der Waals surface area contributed by atoms with E-state index in [-0.39, 0.29) is 25.4 Å². The Balaban J connectivity index is 1.62. The Morgan fingerprint density at radius 2 is 1.10 bits per heavy atom. The molecule has 298 valence electrons. The Labute approximate surface area is 300 Å². The van der Waals surface area contributed by atoms with Crippen LogP contribution in [-0.4, -0.2) is 148 Å². The van der Waals surface area contributed by atoms with Gasteiger partial charge >= 0.3 is 6.09 Å². The molecule has 2 fully saturated rings. The van der Waals surface area contributed by atoms with Gasteiger partial charge in [0.15, 0.2) is 12.6 Å². The Hall–Kier alpha value is -2.19. The van der Waals surface area contributed by atoms with Crippen LogP contribution in [0.1, 0.15) is 98.8 Å². The van der Waals surface area contributed by atoms with Crippen LogP contribution >= 0.6 is 0 Å². The lowest BCUT2D eigenvalue weighted by Crippen LogP contribution is -2.57. The second-order valence-corrected chi connectivity index (χ2v) is 14.3. The smallest absolute Gasteiger partial charge is 0.408 e. The summed E-state index contributed by atoms with van der Waals surface area (Å²) in [6, 6.07) is -0.976. The van der Waals surface area contributed by atoms with Gasteiger partial charge in [-0.1, -0.05) is 25.7 Å². The third kappa shape index (κ3) is 16.6. The van der Waals surface area contributed by atoms with Gasteiger partial charge in [0.2, 0.25) is 11.8 Å². The SMILES string of the molecule is C[C@@H]1O[C@@H](OCCCCCCNC(=O)CCC(NC(=O)OC(C)(C)C)C(=O)NCCCCCCO[C@@H]2O[C@@H](C)[C@@H](O)[C@@H](O)[C@@H]2O)[C@@H](O)[C@H](O)[C@@H]1O. The van der Waals surface area contributed by atoms with Crippen molar-refractivity contribution in [2.24, 2.45) is 0 Å². The van der Waals surface area contributed by atoms with Crippen molar-refractivity contribution in [2.45, 2.75) is 172 Å². The zero-order valence-corrected chi connectivity index (χ0v) is 30.7. The number of carbonyl (C=O) groups is 3. The van der Waals surface area contributed by atoms with Crippen molar-refractivity contribution < 1.29 is 68.7 Å². The van der Waals surface area contributed by atoms with Gasteiger partial charge in [-0.3, -0.25) is 9.59 Å². The molecule has 3 amide bonds. The maximum Gasteiger partial charge on any atom is 0.408 e. The Kier molecular flexibility index (Phi) is 20.1. The van der Waals surface area contributed by atoms with Crippen LogP contribution in [-0.2, 0) is 33.3 Å². The Morgan fingerprint density at radius 3 is 1.57 bits per heavy atom. The zero-order valence-electron chi connectivity index (χ0n) is 30.7. The topological polar surface area (TPSA) is 255 Å². The van der Waals surface area contributed by atoms with Crippen LogP contribution in [0.3, 0.4) is 0 Å². The average Bonchev–Trinajstić information content (AvgIpc) is 3.06. The number of alkyl carbamates (subject to hydrolysis) is 1. The normalized spacial score (nSPS) is 30.3. The molecule has 11 atom stereocenters. The summed E-state index contributed by atoms with van der Waals surface area (Å²) in [5.74, 6) is -0.683. The molecule has 0 radical (unpaired) electrons. The summed E-state index contributed by atoms with van der Waals surface area (Å²) in [4.78, 5) is 37.9. The fraction of sp³-hybridized carbons (Fsp3) is 0.912. The molecule has 0 spiro atoms. The molecule has 0 aromatic heterocycles. The highest BCUT2D eigenvalue weighted by Crippen LogP contribution is 2.23. The fourth-order valence-electron chi connectivity index (χ4n) is 5.51. The molecule has 17 nitrogen and oxygen atoms in total. The van der Waals surface area contributed by atoms with Crippen LogP contribution in [0.2, 0.25) is 0 Å². The van der Waals surface area contributed by atoms with Gasteiger partial charge in [-0.2, -0.15) is 0 Å². The number of unbranched alkanes of at least 4 members (excludes halogenated alkanes) is 6. The van der Waals surface area contributed by atoms with Gasteiger partial charge in [-0.15, -0.1) is 0 Å². The number of aliphatic hydroxyl groups is 6. The largest absolute Gasteiger partial charge is 0.444 e. The summed E-state index contributed by atoms with van der Waals surface area (Å²) in [5, 5.41) is 67.5. The molecular formula is C34H63N3O14. The summed E-state index contributed by atoms with van der Waals surface area (Å²) in [6.45, 7) is 9.67. The lowest BCUT2D eigenvalue weighted by Gasteiger charge is -2.38. The highest BCUT2D eigenvalue weighted by Gasteiger charge is 2.43. The molecule has 2 heterocycles. The summed E-state index contributed by atoms with van der Waals surface area (Å²) >= 11 is 0. The van der Waals surface area contributed by atoms with E-state index < -0.39 is 85.1 Å². The van der Waals surface area contributed by atoms with E-state index in [1.165, 1.54) is 0 Å². The zero-order chi connectivity index (χ0) is 38.1. The maximum atomic E-state index is 13.0. The van der Waals surface area contributed by atoms with E-state index in [0.29, 0.717) is 45.4 Å². The summed E-state index contributed by atoms with van der Waals surface area (Å²) in [5.41, 5.74) is -0.769. The van der Waals surface area contributed by atoms with Gasteiger partial charge in [0.25, 0.3) is 0 Å². The summed E-state index contributed by atoms with van der Waals surface area (Å²) < 4.78 is 27.2. The quantitative estimate of drug-likeness (QED) is 0.0686. The predicted molar refractivity (Wildman–Crippen MR) is 182 cm³/mol. The summed E-state index contributed by atoms with van der Waals surface area (Å²) in [7, 11) is 0. The first-order chi connectivity index (χ1) is 24.0. The highest BCUT2D eigenvalue weighted by molar-refractivity contribution is 5.86. The predicted octanol–water partition coefficient (Wildman–Crippen LogP) is -0.299. The van der Waals surface area contributed by atoms with Crippen molar-refractivity contribution in [3.05, 3.63) is 0 Å². The molecule has 17 heteroatoms. The van der Waals surface area contributed by atoms with Crippen molar-refractivity contribution in [2.75, 3.05) is 26.3 Å². The van der Waals surface area contributed by atoms with E-state index in [9.17, 15) is 45.0 Å². The van der Waals surface area contributed by atoms with E-state index in [0.717, 1.165) is 25.7 Å². The molecule has 0 aromatic rings. The van der Waals surface area contributed by atoms with Crippen LogP contribution in [0.15, 0.2) is 0 Å². The molecule has 51 heavy (non-hydrogen) atoms. The van der Waals surface area contributed by atoms with E-state index in [1.807, 2.05) is 0 Å². The average molecular weight is 738 g/mol. The van der Waals surface area contributed by atoms with Gasteiger partial charge < -0.3 is 70.3 Å². The van der Waals surface area contributed by atoms with E-state index >= 15 is 0 Å². The Morgan fingerprint density at radius 1 is 0.647 bits per heavy atom. The van der Waals surface area contributed by atoms with Crippen LogP contribution in [0.5, 0.6) is 0 Å². The number of hydrogen-bond donors (Lipinski definition) is 9. The molecular weight excluding hydrogens is 674 g/mol. The van der Waals surface area contributed by atoms with Crippen LogP contribution in [0.4, 0.5) is 4.79 Å². The minimum atomic E-state index is -1.35. The number of aliphatic hydroxyl groups excluding tert-OH is 6. The molecule has 2 aliphatic rings. The third-order valence-electron chi connectivity index (χ3n) is 8.61. The standard InChI is InChI=1S/C34H63N3O14/c1-20-24(39)26(41)28(43)31(49-20)47-18-12-8-6-10-16-35-23(38)15-14-22(37-33(46)51-34(3,4)5)30(45)36-17-11-7-9-13-19-48-32-29(44)27(42)25(40)21(2)50-32/h20-22,24-29,31-32,39-44H,6-19H2,1-5H3,(H,35,38)(H,36,45)(H,37,46)/t20-,21-,22?,24+,25+,26+,27+,28-,29-,31+,32+/m0/s1. The van der Waals surface area contributed by atoms with Gasteiger partial charge in [-0.25, -0.2) is 4.79 Å². The molecule has 2 aliphatic heterocycles. The van der Waals surface area contributed by atoms with Crippen molar-refractivity contribution in [1.29, 1.82) is 0 Å². The number of rotatable bonds is 21. The third-order valence-corrected chi connectivity index (χ3v) is 8.61. The monoisotopic (exact) mass is 737 g/mol. The lowest BCUT2D eigenvalue weighted by molar-refractivity contribution is -0.293. The molecule has 0 saturated carbocycles. The van der Waals surface area contributed by atoms with E-state index in [2.05, 4.69) is 16.0 Å². The van der Waals surface area contributed by atoms with E-state index in [4.69, 9.17) is 23.7 Å². The maximum absolute atomic E-state index is 13.0. The van der Waals surface area contributed by atoms with Crippen LogP contribution in [0.25, 0.3) is 0 Å². The van der Waals surface area contributed by atoms with Crippen molar-refractivity contribution >= 4 is 17.9 Å². The molecule has 0 bridgehead atoms. The number of nitrogens with one attached hydrogen (secondary N) is 3. The molecule has 2 saturated heterocycles. The van der Waals surface area contributed by atoms with Crippen molar-refractivity contribution in [3.63, 3.8) is 0 Å². The minimum absolute atomic E-state index is 0.0125. The number of ether oxygens (including phenoxy) is 5. The number of carbonyl (C=O) groups excluding carboxylic acids is 3. The Bertz CT molecular complexity index is 1030. The van der Waals surface area contributed by atoms with Gasteiger partial charge in [0, 0.05) is 32.7 Å². The molecule has 0 aromatic carbocycles. The minimum Gasteiger partial charge on any atom is -0.444 e. The second-order valence-electron chi connectivity index (χ2n) is 14.3. The molecule has 1 unspecified atom stereocenters. The number of amides is 3. The van der Waals surface area contributed by atoms with E-state index in [1.54, 1.807) is 34.6 Å². The molecule has 9 N–H and O–H groups in total. The first-order valence-electron chi connectivity index (χ1n) is 18.2. The van der Waals surface area contributed by atoms with Gasteiger partial charge in [-0.05, 0) is 66.7 Å². The molecule has 0 aliphatic carbocycles. The van der Waals surface area contributed by atoms with Crippen molar-refractivity contribution in [3.8, 4) is 0 Å². The van der Waals surface area contributed by atoms with Crippen LogP contribution in [0, 0.1) is 0 Å². The first kappa shape index (κ1) is 45.0. The van der Waals surface area contributed by atoms with Crippen molar-refractivity contribution in [1.82, 2.24) is 16.0 Å². The first-order valence-corrected chi connectivity index (χ1v) is 18.2. The summed E-state index contributed by atoms with van der Waals surface area (Å²) in [6.07, 6.45) is -5.95. The highest BCUT2D eigenvalue weighted by atomic mass is 16.7.